The second kappa shape index (κ2) is 6.13. The number of aromatic nitrogens is 2. The Morgan fingerprint density at radius 3 is 2.78 bits per heavy atom. The third kappa shape index (κ3) is 3.35. The second-order valence-electron chi connectivity index (χ2n) is 5.05. The van der Waals surface area contributed by atoms with E-state index < -0.39 is 10.0 Å². The molecule has 0 amide bonds. The number of nitrogens with one attached hydrogen (secondary N) is 1. The van der Waals surface area contributed by atoms with Gasteiger partial charge in [-0.3, -0.25) is 0 Å². The summed E-state index contributed by atoms with van der Waals surface area (Å²) in [4.78, 5) is 4.38. The van der Waals surface area contributed by atoms with Crippen LogP contribution in [0.3, 0.4) is 0 Å². The molecule has 23 heavy (non-hydrogen) atoms. The lowest BCUT2D eigenvalue weighted by Gasteiger charge is -2.07. The van der Waals surface area contributed by atoms with Gasteiger partial charge < -0.3 is 4.40 Å². The Morgan fingerprint density at radius 2 is 2.04 bits per heavy atom. The average molecular weight is 370 g/mol. The van der Waals surface area contributed by atoms with Crippen molar-refractivity contribution in [1.82, 2.24) is 14.1 Å². The van der Waals surface area contributed by atoms with Crippen LogP contribution < -0.4 is 4.72 Å². The normalized spacial score (nSPS) is 12.0. The minimum absolute atomic E-state index is 0.0494. The fourth-order valence-corrected chi connectivity index (χ4v) is 3.98. The van der Waals surface area contributed by atoms with Crippen LogP contribution >= 0.6 is 23.2 Å². The van der Waals surface area contributed by atoms with Gasteiger partial charge in [0, 0.05) is 17.4 Å². The SMILES string of the molecule is Cc1cccn2cc(CNS(=O)(=O)c3cc(Cl)ccc3Cl)nc12. The monoisotopic (exact) mass is 369 g/mol. The molecule has 2 heterocycles. The molecule has 0 aliphatic rings. The lowest BCUT2D eigenvalue weighted by atomic mass is 10.3. The van der Waals surface area contributed by atoms with Crippen LogP contribution in [0.25, 0.3) is 5.65 Å². The highest BCUT2D eigenvalue weighted by Gasteiger charge is 2.18. The summed E-state index contributed by atoms with van der Waals surface area (Å²) in [5.74, 6) is 0. The zero-order chi connectivity index (χ0) is 16.6. The van der Waals surface area contributed by atoms with Crippen molar-refractivity contribution in [3.63, 3.8) is 0 Å². The predicted octanol–water partition coefficient (Wildman–Crippen LogP) is 3.43. The van der Waals surface area contributed by atoms with Gasteiger partial charge in [0.05, 0.1) is 17.3 Å². The molecule has 0 aliphatic heterocycles. The van der Waals surface area contributed by atoms with E-state index in [0.717, 1.165) is 11.2 Å². The van der Waals surface area contributed by atoms with Crippen LogP contribution in [0.2, 0.25) is 10.0 Å². The van der Waals surface area contributed by atoms with Gasteiger partial charge in [0.25, 0.3) is 0 Å². The number of hydrogen-bond donors (Lipinski definition) is 1. The van der Waals surface area contributed by atoms with E-state index >= 15 is 0 Å². The zero-order valence-electron chi connectivity index (χ0n) is 12.1. The van der Waals surface area contributed by atoms with Crippen LogP contribution in [0.15, 0.2) is 47.6 Å². The highest BCUT2D eigenvalue weighted by atomic mass is 35.5. The minimum Gasteiger partial charge on any atom is -0.307 e. The molecule has 0 fully saturated rings. The molecule has 8 heteroatoms. The number of pyridine rings is 1. The van der Waals surface area contributed by atoms with Crippen LogP contribution in [-0.4, -0.2) is 17.8 Å². The third-order valence-corrected chi connectivity index (χ3v) is 5.47. The Hall–Kier alpha value is -1.60. The maximum Gasteiger partial charge on any atom is 0.242 e. The Kier molecular flexibility index (Phi) is 4.33. The van der Waals surface area contributed by atoms with E-state index in [1.165, 1.54) is 18.2 Å². The molecule has 1 N–H and O–H groups in total. The molecule has 2 aromatic heterocycles. The first-order valence-electron chi connectivity index (χ1n) is 6.75. The summed E-state index contributed by atoms with van der Waals surface area (Å²) in [6, 6.07) is 8.16. The van der Waals surface area contributed by atoms with Gasteiger partial charge >= 0.3 is 0 Å². The van der Waals surface area contributed by atoms with Crippen LogP contribution in [0.1, 0.15) is 11.3 Å². The molecule has 0 radical (unpaired) electrons. The summed E-state index contributed by atoms with van der Waals surface area (Å²) >= 11 is 11.8. The van der Waals surface area contributed by atoms with Crippen molar-refractivity contribution >= 4 is 38.9 Å². The molecule has 0 spiro atoms. The summed E-state index contributed by atoms with van der Waals surface area (Å²) in [6.07, 6.45) is 3.64. The molecule has 5 nitrogen and oxygen atoms in total. The molecule has 3 rings (SSSR count). The molecule has 0 atom stereocenters. The van der Waals surface area contributed by atoms with Crippen molar-refractivity contribution in [2.75, 3.05) is 0 Å². The fraction of sp³-hybridized carbons (Fsp3) is 0.133. The molecule has 0 aliphatic carbocycles. The van der Waals surface area contributed by atoms with Gasteiger partial charge in [-0.05, 0) is 36.8 Å². The van der Waals surface area contributed by atoms with Gasteiger partial charge in [0.2, 0.25) is 10.0 Å². The number of benzene rings is 1. The van der Waals surface area contributed by atoms with E-state index in [2.05, 4.69) is 9.71 Å². The molecular weight excluding hydrogens is 357 g/mol. The lowest BCUT2D eigenvalue weighted by molar-refractivity contribution is 0.580. The number of nitrogens with zero attached hydrogens (tertiary/aromatic N) is 2. The number of halogens is 2. The van der Waals surface area contributed by atoms with Crippen molar-refractivity contribution in [3.05, 3.63) is 64.0 Å². The van der Waals surface area contributed by atoms with Gasteiger partial charge in [-0.2, -0.15) is 0 Å². The van der Waals surface area contributed by atoms with Crippen LogP contribution in [0.4, 0.5) is 0 Å². The maximum absolute atomic E-state index is 12.4. The van der Waals surface area contributed by atoms with E-state index in [1.807, 2.05) is 29.7 Å². The quantitative estimate of drug-likeness (QED) is 0.765. The number of rotatable bonds is 4. The molecule has 0 saturated carbocycles. The first-order valence-corrected chi connectivity index (χ1v) is 8.99. The Labute approximate surface area is 143 Å². The lowest BCUT2D eigenvalue weighted by Crippen LogP contribution is -2.23. The number of fused-ring (bicyclic) bond motifs is 1. The largest absolute Gasteiger partial charge is 0.307 e. The summed E-state index contributed by atoms with van der Waals surface area (Å²) in [5.41, 5.74) is 2.42. The minimum atomic E-state index is -3.77. The highest BCUT2D eigenvalue weighted by Crippen LogP contribution is 2.25. The van der Waals surface area contributed by atoms with Crippen molar-refractivity contribution in [3.8, 4) is 0 Å². The fourth-order valence-electron chi connectivity index (χ4n) is 2.22. The average Bonchev–Trinajstić information content (AvgIpc) is 2.92. The summed E-state index contributed by atoms with van der Waals surface area (Å²) in [5, 5.41) is 0.422. The van der Waals surface area contributed by atoms with E-state index in [4.69, 9.17) is 23.2 Å². The van der Waals surface area contributed by atoms with Gasteiger partial charge in [-0.25, -0.2) is 18.1 Å². The van der Waals surface area contributed by atoms with E-state index in [0.29, 0.717) is 10.7 Å². The maximum atomic E-state index is 12.4. The van der Waals surface area contributed by atoms with Crippen molar-refractivity contribution < 1.29 is 8.42 Å². The zero-order valence-corrected chi connectivity index (χ0v) is 14.5. The first-order chi connectivity index (χ1) is 10.9. The van der Waals surface area contributed by atoms with E-state index in [1.54, 1.807) is 6.20 Å². The standard InChI is InChI=1S/C15H13Cl2N3O2S/c1-10-3-2-6-20-9-12(19-15(10)20)8-18-23(21,22)14-7-11(16)4-5-13(14)17/h2-7,9,18H,8H2,1H3. The van der Waals surface area contributed by atoms with Crippen molar-refractivity contribution in [2.45, 2.75) is 18.4 Å². The van der Waals surface area contributed by atoms with E-state index in [-0.39, 0.29) is 16.5 Å². The summed E-state index contributed by atoms with van der Waals surface area (Å²) in [6.45, 7) is 2.01. The van der Waals surface area contributed by atoms with E-state index in [9.17, 15) is 8.42 Å². The summed E-state index contributed by atoms with van der Waals surface area (Å²) < 4.78 is 29.1. The predicted molar refractivity (Wildman–Crippen MR) is 90.4 cm³/mol. The third-order valence-electron chi connectivity index (χ3n) is 3.35. The molecule has 0 unspecified atom stereocenters. The molecular formula is C15H13Cl2N3O2S. The summed E-state index contributed by atoms with van der Waals surface area (Å²) in [7, 11) is -3.77. The molecule has 0 bridgehead atoms. The second-order valence-corrected chi connectivity index (χ2v) is 7.63. The van der Waals surface area contributed by atoms with Crippen molar-refractivity contribution in [2.24, 2.45) is 0 Å². The number of hydrogen-bond acceptors (Lipinski definition) is 3. The van der Waals surface area contributed by atoms with Gasteiger partial charge in [0.1, 0.15) is 10.5 Å². The van der Waals surface area contributed by atoms with Crippen molar-refractivity contribution in [1.29, 1.82) is 0 Å². The van der Waals surface area contributed by atoms with Gasteiger partial charge in [0.15, 0.2) is 0 Å². The molecule has 1 aromatic carbocycles. The van der Waals surface area contributed by atoms with Gasteiger partial charge in [-0.1, -0.05) is 29.3 Å². The number of sulfonamides is 1. The van der Waals surface area contributed by atoms with Gasteiger partial charge in [-0.15, -0.1) is 0 Å². The molecule has 3 aromatic rings. The smallest absolute Gasteiger partial charge is 0.242 e. The highest BCUT2D eigenvalue weighted by molar-refractivity contribution is 7.89. The van der Waals surface area contributed by atoms with Crippen LogP contribution in [0.5, 0.6) is 0 Å². The molecule has 0 saturated heterocycles. The Balaban J connectivity index is 1.86. The van der Waals surface area contributed by atoms with Crippen LogP contribution in [0, 0.1) is 6.92 Å². The Morgan fingerprint density at radius 1 is 1.26 bits per heavy atom. The number of imidazole rings is 1. The topological polar surface area (TPSA) is 63.5 Å². The first kappa shape index (κ1) is 16.3. The molecule has 120 valence electrons. The van der Waals surface area contributed by atoms with Crippen LogP contribution in [-0.2, 0) is 16.6 Å². The Bertz CT molecular complexity index is 984. The number of aryl methyl sites for hydroxylation is 1.